The van der Waals surface area contributed by atoms with Crippen LogP contribution in [0.4, 0.5) is 0 Å². The maximum absolute atomic E-state index is 11.4. The molecule has 0 saturated carbocycles. The van der Waals surface area contributed by atoms with Gasteiger partial charge >= 0.3 is 0 Å². The van der Waals surface area contributed by atoms with Crippen molar-refractivity contribution < 1.29 is 8.42 Å². The smallest absolute Gasteiger partial charge is 0.152 e. The highest BCUT2D eigenvalue weighted by Gasteiger charge is 2.20. The first-order valence-corrected chi connectivity index (χ1v) is 6.55. The molecule has 14 heavy (non-hydrogen) atoms. The maximum Gasteiger partial charge on any atom is 0.152 e. The lowest BCUT2D eigenvalue weighted by molar-refractivity contribution is 0.444. The molecular weight excluding hydrogens is 198 g/mol. The Morgan fingerprint density at radius 1 is 1.36 bits per heavy atom. The number of nitrogens with zero attached hydrogens (tertiary/aromatic N) is 1. The highest BCUT2D eigenvalue weighted by atomic mass is 32.2. The van der Waals surface area contributed by atoms with E-state index in [0.29, 0.717) is 12.8 Å². The van der Waals surface area contributed by atoms with Gasteiger partial charge in [0.25, 0.3) is 0 Å². The number of sulfone groups is 1. The number of hydrogen-bond donors (Lipinski definition) is 0. The van der Waals surface area contributed by atoms with E-state index in [9.17, 15) is 8.42 Å². The van der Waals surface area contributed by atoms with E-state index in [2.05, 4.69) is 6.07 Å². The van der Waals surface area contributed by atoms with E-state index < -0.39 is 15.3 Å². The van der Waals surface area contributed by atoms with Gasteiger partial charge in [0, 0.05) is 0 Å². The summed E-state index contributed by atoms with van der Waals surface area (Å²) in [6.45, 7) is 7.03. The molecule has 0 aromatic carbocycles. The molecule has 0 atom stereocenters. The van der Waals surface area contributed by atoms with Crippen molar-refractivity contribution >= 4 is 9.84 Å². The summed E-state index contributed by atoms with van der Waals surface area (Å²) in [5, 5.41) is 8.42. The van der Waals surface area contributed by atoms with Gasteiger partial charge in [-0.05, 0) is 40.5 Å². The first-order valence-electron chi connectivity index (χ1n) is 4.84. The fraction of sp³-hybridized carbons (Fsp3) is 0.900. The maximum atomic E-state index is 11.4. The summed E-state index contributed by atoms with van der Waals surface area (Å²) in [5.74, 6) is 0.190. The summed E-state index contributed by atoms with van der Waals surface area (Å²) in [6, 6.07) is 2.16. The third-order valence-electron chi connectivity index (χ3n) is 2.25. The molecule has 0 fully saturated rings. The molecule has 0 N–H and O–H groups in total. The zero-order valence-corrected chi connectivity index (χ0v) is 10.2. The second kappa shape index (κ2) is 4.79. The fourth-order valence-corrected chi connectivity index (χ4v) is 2.03. The van der Waals surface area contributed by atoms with Crippen LogP contribution in [0, 0.1) is 16.7 Å². The van der Waals surface area contributed by atoms with Gasteiger partial charge in [0.15, 0.2) is 9.84 Å². The Morgan fingerprint density at radius 2 is 1.86 bits per heavy atom. The summed E-state index contributed by atoms with van der Waals surface area (Å²) >= 11 is 0. The summed E-state index contributed by atoms with van der Waals surface area (Å²) < 4.78 is 22.8. The van der Waals surface area contributed by atoms with Crippen molar-refractivity contribution in [1.29, 1.82) is 5.26 Å². The molecule has 0 aromatic heterocycles. The van der Waals surface area contributed by atoms with E-state index in [-0.39, 0.29) is 11.0 Å². The lowest BCUT2D eigenvalue weighted by atomic mass is 9.90. The van der Waals surface area contributed by atoms with E-state index in [4.69, 9.17) is 5.26 Å². The van der Waals surface area contributed by atoms with E-state index in [1.807, 2.05) is 13.8 Å². The van der Waals surface area contributed by atoms with Gasteiger partial charge in [-0.15, -0.1) is 0 Å². The van der Waals surface area contributed by atoms with Crippen LogP contribution in [-0.4, -0.2) is 19.4 Å². The van der Waals surface area contributed by atoms with Crippen LogP contribution in [0.3, 0.4) is 0 Å². The van der Waals surface area contributed by atoms with Crippen LogP contribution in [0.15, 0.2) is 0 Å². The second-order valence-electron chi connectivity index (χ2n) is 4.51. The van der Waals surface area contributed by atoms with Crippen LogP contribution in [0.2, 0.25) is 0 Å². The molecular formula is C10H19NO2S. The average Bonchev–Trinajstić information content (AvgIpc) is 2.03. The first kappa shape index (κ1) is 13.4. The molecule has 0 radical (unpaired) electrons. The molecule has 0 unspecified atom stereocenters. The number of rotatable bonds is 5. The third-order valence-corrected chi connectivity index (χ3v) is 4.55. The summed E-state index contributed by atoms with van der Waals surface area (Å²) in [7, 11) is -2.94. The zero-order chi connectivity index (χ0) is 11.4. The van der Waals surface area contributed by atoms with Gasteiger partial charge < -0.3 is 0 Å². The second-order valence-corrected chi connectivity index (χ2v) is 7.19. The van der Waals surface area contributed by atoms with Gasteiger partial charge in [-0.1, -0.05) is 0 Å². The molecule has 0 aliphatic heterocycles. The molecule has 82 valence electrons. The Balaban J connectivity index is 4.06. The Morgan fingerprint density at radius 3 is 2.21 bits per heavy atom. The molecule has 3 nitrogen and oxygen atoms in total. The topological polar surface area (TPSA) is 57.9 Å². The lowest BCUT2D eigenvalue weighted by Gasteiger charge is -2.15. The average molecular weight is 217 g/mol. The highest BCUT2D eigenvalue weighted by Crippen LogP contribution is 2.21. The van der Waals surface area contributed by atoms with Crippen LogP contribution in [0.5, 0.6) is 0 Å². The SMILES string of the molecule is CC(C)S(=O)(=O)CCCC(C)(C)C#N. The van der Waals surface area contributed by atoms with E-state index in [0.717, 1.165) is 0 Å². The Kier molecular flexibility index (Phi) is 4.60. The molecule has 0 aromatic rings. The van der Waals surface area contributed by atoms with Gasteiger partial charge in [0.05, 0.1) is 22.5 Å². The van der Waals surface area contributed by atoms with Gasteiger partial charge in [0.2, 0.25) is 0 Å². The number of hydrogen-bond acceptors (Lipinski definition) is 3. The van der Waals surface area contributed by atoms with Crippen molar-refractivity contribution in [2.45, 2.75) is 45.8 Å². The minimum atomic E-state index is -2.94. The quantitative estimate of drug-likeness (QED) is 0.709. The van der Waals surface area contributed by atoms with Crippen LogP contribution in [0.1, 0.15) is 40.5 Å². The summed E-state index contributed by atoms with van der Waals surface area (Å²) in [5.41, 5.74) is -0.410. The first-order chi connectivity index (χ1) is 6.21. The van der Waals surface area contributed by atoms with Gasteiger partial charge in [0.1, 0.15) is 0 Å². The molecule has 0 heterocycles. The Hall–Kier alpha value is -0.560. The molecule has 0 aliphatic carbocycles. The number of nitriles is 1. The Labute approximate surface area is 87.0 Å². The Bertz CT molecular complexity index is 310. The van der Waals surface area contributed by atoms with Crippen LogP contribution in [-0.2, 0) is 9.84 Å². The fourth-order valence-electron chi connectivity index (χ4n) is 1.01. The lowest BCUT2D eigenvalue weighted by Crippen LogP contribution is -2.19. The van der Waals surface area contributed by atoms with Crippen LogP contribution < -0.4 is 0 Å². The molecule has 0 saturated heterocycles. The molecule has 0 aliphatic rings. The minimum absolute atomic E-state index is 0.190. The van der Waals surface area contributed by atoms with E-state index in [1.54, 1.807) is 13.8 Å². The molecule has 0 rings (SSSR count). The van der Waals surface area contributed by atoms with Crippen LogP contribution >= 0.6 is 0 Å². The molecule has 0 bridgehead atoms. The largest absolute Gasteiger partial charge is 0.229 e. The van der Waals surface area contributed by atoms with Crippen molar-refractivity contribution in [2.24, 2.45) is 5.41 Å². The van der Waals surface area contributed by atoms with E-state index >= 15 is 0 Å². The zero-order valence-electron chi connectivity index (χ0n) is 9.37. The standard InChI is InChI=1S/C10H19NO2S/c1-9(2)14(12,13)7-5-6-10(3,4)8-11/h9H,5-7H2,1-4H3. The monoisotopic (exact) mass is 217 g/mol. The predicted octanol–water partition coefficient (Wildman–Crippen LogP) is 2.14. The van der Waals surface area contributed by atoms with Crippen molar-refractivity contribution in [1.82, 2.24) is 0 Å². The van der Waals surface area contributed by atoms with Crippen LogP contribution in [0.25, 0.3) is 0 Å². The third kappa shape index (κ3) is 4.61. The minimum Gasteiger partial charge on any atom is -0.229 e. The highest BCUT2D eigenvalue weighted by molar-refractivity contribution is 7.91. The van der Waals surface area contributed by atoms with Gasteiger partial charge in [-0.2, -0.15) is 5.26 Å². The summed E-state index contributed by atoms with van der Waals surface area (Å²) in [4.78, 5) is 0. The van der Waals surface area contributed by atoms with Crippen molar-refractivity contribution in [3.8, 4) is 6.07 Å². The predicted molar refractivity (Wildman–Crippen MR) is 57.6 cm³/mol. The van der Waals surface area contributed by atoms with Crippen molar-refractivity contribution in [3.05, 3.63) is 0 Å². The summed E-state index contributed by atoms with van der Waals surface area (Å²) in [6.07, 6.45) is 1.20. The normalized spacial score (nSPS) is 12.9. The van der Waals surface area contributed by atoms with Gasteiger partial charge in [-0.25, -0.2) is 8.42 Å². The van der Waals surface area contributed by atoms with Crippen molar-refractivity contribution in [3.63, 3.8) is 0 Å². The van der Waals surface area contributed by atoms with Crippen molar-refractivity contribution in [2.75, 3.05) is 5.75 Å². The molecule has 4 heteroatoms. The van der Waals surface area contributed by atoms with E-state index in [1.165, 1.54) is 0 Å². The van der Waals surface area contributed by atoms with Gasteiger partial charge in [-0.3, -0.25) is 0 Å². The molecule has 0 amide bonds. The molecule has 0 spiro atoms.